The number of aromatic carboxylic acids is 1. The molecule has 4 rings (SSSR count). The van der Waals surface area contributed by atoms with Crippen LogP contribution in [0.5, 0.6) is 0 Å². The number of thioether (sulfide) groups is 1. The summed E-state index contributed by atoms with van der Waals surface area (Å²) in [6.07, 6.45) is -0.292. The summed E-state index contributed by atoms with van der Waals surface area (Å²) in [6.45, 7) is 2.37. The number of ether oxygens (including phenoxy) is 2. The van der Waals surface area contributed by atoms with Crippen molar-refractivity contribution < 1.29 is 29.3 Å². The molecule has 194 valence electrons. The van der Waals surface area contributed by atoms with Gasteiger partial charge in [0, 0.05) is 34.9 Å². The minimum absolute atomic E-state index is 0.0197. The van der Waals surface area contributed by atoms with E-state index in [2.05, 4.69) is 10.6 Å². The van der Waals surface area contributed by atoms with Gasteiger partial charge in [-0.25, -0.2) is 9.59 Å². The maximum absolute atomic E-state index is 11.8. The molecule has 0 aliphatic carbocycles. The number of carbonyl (C=O) groups is 2. The summed E-state index contributed by atoms with van der Waals surface area (Å²) < 4.78 is 12.7. The lowest BCUT2D eigenvalue weighted by molar-refractivity contribution is -0.245. The minimum Gasteiger partial charge on any atom is -0.478 e. The van der Waals surface area contributed by atoms with Gasteiger partial charge in [0.25, 0.3) is 0 Å². The molecule has 1 aliphatic heterocycles. The Balaban J connectivity index is 1.48. The Morgan fingerprint density at radius 3 is 2.24 bits per heavy atom. The quantitative estimate of drug-likeness (QED) is 0.280. The van der Waals surface area contributed by atoms with Gasteiger partial charge in [0.1, 0.15) is 0 Å². The first-order valence-corrected chi connectivity index (χ1v) is 13.0. The fraction of sp³-hybridized carbons (Fsp3) is 0.286. The Bertz CT molecular complexity index is 1180. The highest BCUT2D eigenvalue weighted by Crippen LogP contribution is 2.39. The molecule has 1 fully saturated rings. The number of benzene rings is 3. The van der Waals surface area contributed by atoms with E-state index in [9.17, 15) is 14.7 Å². The predicted octanol–water partition coefficient (Wildman–Crippen LogP) is 5.36. The van der Waals surface area contributed by atoms with E-state index in [1.807, 2.05) is 55.5 Å². The van der Waals surface area contributed by atoms with E-state index in [1.165, 1.54) is 0 Å². The van der Waals surface area contributed by atoms with Crippen LogP contribution in [0.3, 0.4) is 0 Å². The van der Waals surface area contributed by atoms with Crippen molar-refractivity contribution in [3.05, 3.63) is 95.1 Å². The lowest BCUT2D eigenvalue weighted by Gasteiger charge is -2.36. The number of nitrogens with one attached hydrogen (secondary N) is 2. The van der Waals surface area contributed by atoms with Gasteiger partial charge in [0.05, 0.1) is 24.4 Å². The zero-order chi connectivity index (χ0) is 26.2. The van der Waals surface area contributed by atoms with E-state index in [4.69, 9.17) is 14.6 Å². The number of hydrogen-bond donors (Lipinski definition) is 4. The van der Waals surface area contributed by atoms with Crippen LogP contribution in [0.1, 0.15) is 52.8 Å². The molecule has 4 N–H and O–H groups in total. The average molecular weight is 523 g/mol. The third kappa shape index (κ3) is 7.33. The van der Waals surface area contributed by atoms with Crippen molar-refractivity contribution in [2.45, 2.75) is 43.3 Å². The Hall–Kier alpha value is -3.37. The SMILES string of the molecule is CCNC(=O)Nc1ccc([C@H]2O[C@@H](CSc3ccc(C(=O)O)cc3)C[C@@H](c3ccc(CO)cc3)O2)cc1. The monoisotopic (exact) mass is 522 g/mol. The molecule has 0 spiro atoms. The van der Waals surface area contributed by atoms with Crippen molar-refractivity contribution in [1.29, 1.82) is 0 Å². The first kappa shape index (κ1) is 26.7. The van der Waals surface area contributed by atoms with Crippen molar-refractivity contribution in [2.24, 2.45) is 0 Å². The molecule has 3 aromatic carbocycles. The van der Waals surface area contributed by atoms with Crippen molar-refractivity contribution in [2.75, 3.05) is 17.6 Å². The van der Waals surface area contributed by atoms with Crippen LogP contribution >= 0.6 is 11.8 Å². The van der Waals surface area contributed by atoms with Gasteiger partial charge in [0.2, 0.25) is 0 Å². The summed E-state index contributed by atoms with van der Waals surface area (Å²) >= 11 is 1.60. The summed E-state index contributed by atoms with van der Waals surface area (Å²) in [5, 5.41) is 24.0. The number of carboxylic acids is 1. The lowest BCUT2D eigenvalue weighted by atomic mass is 10.0. The molecule has 9 heteroatoms. The third-order valence-corrected chi connectivity index (χ3v) is 7.07. The van der Waals surface area contributed by atoms with Crippen LogP contribution in [-0.2, 0) is 16.1 Å². The van der Waals surface area contributed by atoms with Crippen LogP contribution in [0, 0.1) is 0 Å². The zero-order valence-corrected chi connectivity index (χ0v) is 21.2. The van der Waals surface area contributed by atoms with Crippen molar-refractivity contribution in [3.63, 3.8) is 0 Å². The molecule has 1 heterocycles. The minimum atomic E-state index is -0.950. The summed E-state index contributed by atoms with van der Waals surface area (Å²) in [4.78, 5) is 23.9. The standard InChI is InChI=1S/C28H30N2O6S/c1-2-29-28(34)30-22-11-7-21(8-12-22)27-35-23(17-37-24-13-9-20(10-14-24)26(32)33)15-25(36-27)19-5-3-18(16-31)4-6-19/h3-14,23,25,27,31H,2,15-17H2,1H3,(H,32,33)(H2,29,30,34)/t23-,25+,27+/m1/s1. The first-order valence-electron chi connectivity index (χ1n) is 12.1. The van der Waals surface area contributed by atoms with Gasteiger partial charge in [-0.05, 0) is 54.4 Å². The molecule has 3 atom stereocenters. The molecule has 3 aromatic rings. The molecule has 0 radical (unpaired) electrons. The highest BCUT2D eigenvalue weighted by Gasteiger charge is 2.32. The highest BCUT2D eigenvalue weighted by atomic mass is 32.2. The molecule has 0 aromatic heterocycles. The molecule has 1 aliphatic rings. The van der Waals surface area contributed by atoms with Crippen LogP contribution in [0.2, 0.25) is 0 Å². The van der Waals surface area contributed by atoms with E-state index in [0.29, 0.717) is 24.4 Å². The van der Waals surface area contributed by atoms with E-state index in [1.54, 1.807) is 36.0 Å². The zero-order valence-electron chi connectivity index (χ0n) is 20.4. The van der Waals surface area contributed by atoms with Crippen LogP contribution in [0.4, 0.5) is 10.5 Å². The molecule has 37 heavy (non-hydrogen) atoms. The van der Waals surface area contributed by atoms with Crippen LogP contribution in [-0.4, -0.2) is 40.6 Å². The van der Waals surface area contributed by atoms with Gasteiger partial charge in [0.15, 0.2) is 6.29 Å². The lowest BCUT2D eigenvalue weighted by Crippen LogP contribution is -2.31. The molecule has 0 saturated carbocycles. The number of amides is 2. The smallest absolute Gasteiger partial charge is 0.335 e. The van der Waals surface area contributed by atoms with Crippen molar-refractivity contribution in [1.82, 2.24) is 5.32 Å². The second-order valence-electron chi connectivity index (χ2n) is 8.60. The number of hydrogen-bond acceptors (Lipinski definition) is 6. The molecule has 0 unspecified atom stereocenters. The van der Waals surface area contributed by atoms with Gasteiger partial charge in [-0.15, -0.1) is 11.8 Å². The van der Waals surface area contributed by atoms with E-state index < -0.39 is 12.3 Å². The van der Waals surface area contributed by atoms with Crippen LogP contribution in [0.25, 0.3) is 0 Å². The summed E-state index contributed by atoms with van der Waals surface area (Å²) in [6, 6.07) is 21.6. The number of anilines is 1. The Kier molecular flexibility index (Phi) is 9.19. The summed E-state index contributed by atoms with van der Waals surface area (Å²) in [7, 11) is 0. The number of aliphatic hydroxyl groups excluding tert-OH is 1. The molecule has 2 amide bonds. The van der Waals surface area contributed by atoms with Gasteiger partial charge in [-0.3, -0.25) is 0 Å². The van der Waals surface area contributed by atoms with Gasteiger partial charge in [-0.2, -0.15) is 0 Å². The number of aliphatic hydroxyl groups is 1. The van der Waals surface area contributed by atoms with Crippen molar-refractivity contribution in [3.8, 4) is 0 Å². The Labute approximate surface area is 220 Å². The van der Waals surface area contributed by atoms with Gasteiger partial charge in [-0.1, -0.05) is 36.4 Å². The maximum atomic E-state index is 11.8. The normalized spacial score (nSPS) is 19.2. The van der Waals surface area contributed by atoms with E-state index in [-0.39, 0.29) is 30.4 Å². The van der Waals surface area contributed by atoms with Crippen molar-refractivity contribution >= 4 is 29.4 Å². The second kappa shape index (κ2) is 12.7. The number of rotatable bonds is 9. The molecular formula is C28H30N2O6S. The number of urea groups is 1. The first-order chi connectivity index (χ1) is 17.9. The summed E-state index contributed by atoms with van der Waals surface area (Å²) in [5.41, 5.74) is 3.58. The predicted molar refractivity (Wildman–Crippen MR) is 142 cm³/mol. The summed E-state index contributed by atoms with van der Waals surface area (Å²) in [5.74, 6) is -0.289. The largest absolute Gasteiger partial charge is 0.478 e. The Morgan fingerprint density at radius 2 is 1.62 bits per heavy atom. The topological polar surface area (TPSA) is 117 Å². The molecular weight excluding hydrogens is 492 g/mol. The number of carbonyl (C=O) groups excluding carboxylic acids is 1. The molecule has 8 nitrogen and oxygen atoms in total. The van der Waals surface area contributed by atoms with Gasteiger partial charge < -0.3 is 30.3 Å². The Morgan fingerprint density at radius 1 is 0.946 bits per heavy atom. The van der Waals surface area contributed by atoms with Crippen LogP contribution in [0.15, 0.2) is 77.7 Å². The highest BCUT2D eigenvalue weighted by molar-refractivity contribution is 7.99. The van der Waals surface area contributed by atoms with E-state index >= 15 is 0 Å². The fourth-order valence-corrected chi connectivity index (χ4v) is 4.89. The number of carboxylic acid groups (broad SMARTS) is 1. The molecule has 0 bridgehead atoms. The van der Waals surface area contributed by atoms with E-state index in [0.717, 1.165) is 21.6 Å². The van der Waals surface area contributed by atoms with Gasteiger partial charge >= 0.3 is 12.0 Å². The maximum Gasteiger partial charge on any atom is 0.335 e. The molecule has 1 saturated heterocycles. The third-order valence-electron chi connectivity index (χ3n) is 5.93. The fourth-order valence-electron chi connectivity index (χ4n) is 3.97. The average Bonchev–Trinajstić information content (AvgIpc) is 2.92. The second-order valence-corrected chi connectivity index (χ2v) is 9.69. The van der Waals surface area contributed by atoms with Crippen LogP contribution < -0.4 is 10.6 Å².